The highest BCUT2D eigenvalue weighted by Crippen LogP contribution is 2.17. The van der Waals surface area contributed by atoms with E-state index in [9.17, 15) is 14.0 Å². The molecule has 6 heteroatoms. The van der Waals surface area contributed by atoms with Crippen molar-refractivity contribution in [1.29, 1.82) is 0 Å². The zero-order valence-corrected chi connectivity index (χ0v) is 10.8. The predicted molar refractivity (Wildman–Crippen MR) is 65.0 cm³/mol. The molecule has 18 heavy (non-hydrogen) atoms. The van der Waals surface area contributed by atoms with Crippen LogP contribution in [0.25, 0.3) is 0 Å². The lowest BCUT2D eigenvalue weighted by molar-refractivity contribution is -0.140. The Morgan fingerprint density at radius 3 is 2.67 bits per heavy atom. The number of nitrogens with zero attached hydrogens (tertiary/aromatic N) is 1. The summed E-state index contributed by atoms with van der Waals surface area (Å²) in [4.78, 5) is 24.2. The molecule has 0 aromatic heterocycles. The summed E-state index contributed by atoms with van der Waals surface area (Å²) in [5.41, 5.74) is 0.272. The normalized spacial score (nSPS) is 10.0. The molecule has 0 saturated heterocycles. The number of hydrogen-bond donors (Lipinski definition) is 0. The molecule has 98 valence electrons. The van der Waals surface area contributed by atoms with Gasteiger partial charge in [-0.2, -0.15) is 0 Å². The maximum atomic E-state index is 12.9. The van der Waals surface area contributed by atoms with Gasteiger partial charge in [-0.1, -0.05) is 11.6 Å². The Kier molecular flexibility index (Phi) is 5.09. The third-order valence-electron chi connectivity index (χ3n) is 2.39. The number of carbonyl (C=O) groups excluding carboxylic acids is 2. The Morgan fingerprint density at radius 2 is 2.11 bits per heavy atom. The Morgan fingerprint density at radius 1 is 1.44 bits per heavy atom. The van der Waals surface area contributed by atoms with E-state index >= 15 is 0 Å². The first kappa shape index (κ1) is 14.4. The summed E-state index contributed by atoms with van der Waals surface area (Å²) in [6, 6.07) is 3.73. The van der Waals surface area contributed by atoms with E-state index in [1.54, 1.807) is 7.05 Å². The lowest BCUT2D eigenvalue weighted by Gasteiger charge is -2.16. The number of amides is 1. The zero-order chi connectivity index (χ0) is 13.7. The van der Waals surface area contributed by atoms with Gasteiger partial charge in [-0.05, 0) is 18.2 Å². The highest BCUT2D eigenvalue weighted by atomic mass is 35.5. The molecule has 0 unspecified atom stereocenters. The van der Waals surface area contributed by atoms with Gasteiger partial charge >= 0.3 is 5.97 Å². The lowest BCUT2D eigenvalue weighted by Crippen LogP contribution is -2.29. The molecule has 1 aromatic carbocycles. The Balaban J connectivity index is 2.68. The molecule has 0 radical (unpaired) electrons. The van der Waals surface area contributed by atoms with E-state index in [0.717, 1.165) is 6.07 Å². The molecule has 0 aliphatic carbocycles. The van der Waals surface area contributed by atoms with Crippen LogP contribution in [0.2, 0.25) is 5.02 Å². The molecule has 0 saturated carbocycles. The second-order valence-electron chi connectivity index (χ2n) is 3.68. The molecule has 0 atom stereocenters. The fourth-order valence-electron chi connectivity index (χ4n) is 1.31. The maximum absolute atomic E-state index is 12.9. The van der Waals surface area contributed by atoms with Crippen LogP contribution in [0.3, 0.4) is 0 Å². The van der Waals surface area contributed by atoms with E-state index in [2.05, 4.69) is 4.74 Å². The smallest absolute Gasteiger partial charge is 0.307 e. The molecule has 1 rings (SSSR count). The first-order chi connectivity index (χ1) is 8.45. The van der Waals surface area contributed by atoms with Gasteiger partial charge in [0.15, 0.2) is 0 Å². The van der Waals surface area contributed by atoms with Crippen LogP contribution in [0.5, 0.6) is 0 Å². The van der Waals surface area contributed by atoms with Crippen LogP contribution in [-0.4, -0.2) is 37.5 Å². The summed E-state index contributed by atoms with van der Waals surface area (Å²) in [7, 11) is 2.83. The Bertz CT molecular complexity index is 465. The van der Waals surface area contributed by atoms with E-state index in [1.165, 1.54) is 24.1 Å². The Hall–Kier alpha value is -1.62. The topological polar surface area (TPSA) is 46.6 Å². The van der Waals surface area contributed by atoms with Gasteiger partial charge in [-0.25, -0.2) is 4.39 Å². The molecule has 0 heterocycles. The summed E-state index contributed by atoms with van der Waals surface area (Å²) >= 11 is 5.59. The Labute approximate surface area is 109 Å². The summed E-state index contributed by atoms with van der Waals surface area (Å²) < 4.78 is 17.4. The third kappa shape index (κ3) is 3.70. The van der Waals surface area contributed by atoms with E-state index < -0.39 is 11.8 Å². The van der Waals surface area contributed by atoms with Gasteiger partial charge in [0, 0.05) is 19.2 Å². The fourth-order valence-corrected chi connectivity index (χ4v) is 1.49. The van der Waals surface area contributed by atoms with E-state index in [0.29, 0.717) is 0 Å². The van der Waals surface area contributed by atoms with Crippen molar-refractivity contribution < 1.29 is 18.7 Å². The highest BCUT2D eigenvalue weighted by Gasteiger charge is 2.14. The quantitative estimate of drug-likeness (QED) is 0.790. The molecule has 0 aliphatic heterocycles. The summed E-state index contributed by atoms with van der Waals surface area (Å²) in [5.74, 6) is -1.31. The number of ether oxygens (including phenoxy) is 1. The monoisotopic (exact) mass is 273 g/mol. The highest BCUT2D eigenvalue weighted by molar-refractivity contribution is 6.31. The van der Waals surface area contributed by atoms with Gasteiger partial charge in [0.2, 0.25) is 0 Å². The van der Waals surface area contributed by atoms with Gasteiger partial charge in [-0.15, -0.1) is 0 Å². The number of methoxy groups -OCH3 is 1. The van der Waals surface area contributed by atoms with Crippen LogP contribution < -0.4 is 0 Å². The van der Waals surface area contributed by atoms with E-state index in [4.69, 9.17) is 11.6 Å². The summed E-state index contributed by atoms with van der Waals surface area (Å²) in [6.45, 7) is 0.223. The number of hydrogen-bond acceptors (Lipinski definition) is 3. The molecule has 1 amide bonds. The SMILES string of the molecule is COC(=O)CCN(C)C(=O)c1ccc(F)c(Cl)c1. The summed E-state index contributed by atoms with van der Waals surface area (Å²) in [5, 5.41) is -0.109. The second-order valence-corrected chi connectivity index (χ2v) is 4.09. The van der Waals surface area contributed by atoms with Gasteiger partial charge in [0.1, 0.15) is 5.82 Å². The van der Waals surface area contributed by atoms with Gasteiger partial charge in [0.25, 0.3) is 5.91 Å². The minimum Gasteiger partial charge on any atom is -0.469 e. The zero-order valence-electron chi connectivity index (χ0n) is 10.1. The van der Waals surface area contributed by atoms with Crippen molar-refractivity contribution in [2.24, 2.45) is 0 Å². The largest absolute Gasteiger partial charge is 0.469 e. The van der Waals surface area contributed by atoms with Crippen molar-refractivity contribution in [3.63, 3.8) is 0 Å². The van der Waals surface area contributed by atoms with Crippen LogP contribution in [0.15, 0.2) is 18.2 Å². The van der Waals surface area contributed by atoms with Crippen molar-refractivity contribution in [3.05, 3.63) is 34.6 Å². The third-order valence-corrected chi connectivity index (χ3v) is 2.68. The van der Waals surface area contributed by atoms with Crippen LogP contribution in [0.4, 0.5) is 4.39 Å². The first-order valence-corrected chi connectivity index (χ1v) is 5.61. The van der Waals surface area contributed by atoms with Crippen molar-refractivity contribution >= 4 is 23.5 Å². The number of carbonyl (C=O) groups is 2. The first-order valence-electron chi connectivity index (χ1n) is 5.23. The molecule has 0 N–H and O–H groups in total. The maximum Gasteiger partial charge on any atom is 0.307 e. The van der Waals surface area contributed by atoms with Crippen LogP contribution in [0, 0.1) is 5.82 Å². The van der Waals surface area contributed by atoms with Gasteiger partial charge < -0.3 is 9.64 Å². The van der Waals surface area contributed by atoms with Gasteiger partial charge in [0.05, 0.1) is 18.6 Å². The number of esters is 1. The van der Waals surface area contributed by atoms with Crippen molar-refractivity contribution in [2.75, 3.05) is 20.7 Å². The molecule has 1 aromatic rings. The fraction of sp³-hybridized carbons (Fsp3) is 0.333. The molecule has 0 fully saturated rings. The van der Waals surface area contributed by atoms with Crippen LogP contribution >= 0.6 is 11.6 Å². The van der Waals surface area contributed by atoms with E-state index in [1.807, 2.05) is 0 Å². The molecule has 0 spiro atoms. The molecule has 4 nitrogen and oxygen atoms in total. The summed E-state index contributed by atoms with van der Waals surface area (Å²) in [6.07, 6.45) is 0.105. The minimum absolute atomic E-state index is 0.105. The lowest BCUT2D eigenvalue weighted by atomic mass is 10.2. The molecule has 0 bridgehead atoms. The van der Waals surface area contributed by atoms with Gasteiger partial charge in [-0.3, -0.25) is 9.59 Å². The van der Waals surface area contributed by atoms with Crippen LogP contribution in [-0.2, 0) is 9.53 Å². The standard InChI is InChI=1S/C12H13ClFNO3/c1-15(6-5-11(16)18-2)12(17)8-3-4-10(14)9(13)7-8/h3-4,7H,5-6H2,1-2H3. The van der Waals surface area contributed by atoms with E-state index in [-0.39, 0.29) is 29.5 Å². The van der Waals surface area contributed by atoms with Crippen molar-refractivity contribution in [1.82, 2.24) is 4.90 Å². The van der Waals surface area contributed by atoms with Crippen molar-refractivity contribution in [3.8, 4) is 0 Å². The number of halogens is 2. The second kappa shape index (κ2) is 6.35. The predicted octanol–water partition coefficient (Wildman–Crippen LogP) is 2.11. The number of benzene rings is 1. The average Bonchev–Trinajstić information content (AvgIpc) is 2.37. The average molecular weight is 274 g/mol. The van der Waals surface area contributed by atoms with Crippen molar-refractivity contribution in [2.45, 2.75) is 6.42 Å². The minimum atomic E-state index is -0.578. The number of rotatable bonds is 4. The molecule has 0 aliphatic rings. The molecular weight excluding hydrogens is 261 g/mol. The molecular formula is C12H13ClFNO3. The van der Waals surface area contributed by atoms with Crippen LogP contribution in [0.1, 0.15) is 16.8 Å².